The number of hydrogen-bond donors (Lipinski definition) is 1. The Hall–Kier alpha value is -1.82. The Morgan fingerprint density at radius 1 is 1.48 bits per heavy atom. The van der Waals surface area contributed by atoms with Gasteiger partial charge in [-0.15, -0.1) is 10.2 Å². The third kappa shape index (κ3) is 5.16. The van der Waals surface area contributed by atoms with Crippen LogP contribution in [-0.4, -0.2) is 67.4 Å². The van der Waals surface area contributed by atoms with Gasteiger partial charge in [-0.1, -0.05) is 11.6 Å². The van der Waals surface area contributed by atoms with Crippen molar-refractivity contribution in [3.05, 3.63) is 17.1 Å². The van der Waals surface area contributed by atoms with Gasteiger partial charge in [0.25, 0.3) is 0 Å². The van der Waals surface area contributed by atoms with Crippen molar-refractivity contribution in [2.45, 2.75) is 62.8 Å². The largest absolute Gasteiger partial charge is 0.381 e. The number of halogens is 1. The van der Waals surface area contributed by atoms with Crippen molar-refractivity contribution < 1.29 is 17.9 Å². The molecule has 1 N–H and O–H groups in total. The van der Waals surface area contributed by atoms with Gasteiger partial charge >= 0.3 is 0 Å². The summed E-state index contributed by atoms with van der Waals surface area (Å²) in [4.78, 5) is 7.94. The number of nitrogens with one attached hydrogen (secondary N) is 1. The predicted molar refractivity (Wildman–Crippen MR) is 120 cm³/mol. The molecule has 3 rings (SSSR count). The van der Waals surface area contributed by atoms with Crippen LogP contribution in [0.2, 0.25) is 0 Å². The molecule has 1 saturated heterocycles. The Balaban J connectivity index is 1.90. The van der Waals surface area contributed by atoms with Gasteiger partial charge in [0.1, 0.15) is 17.2 Å². The van der Waals surface area contributed by atoms with Gasteiger partial charge in [-0.05, 0) is 46.8 Å². The fourth-order valence-electron chi connectivity index (χ4n) is 3.55. The van der Waals surface area contributed by atoms with Crippen LogP contribution in [0, 0.1) is 0 Å². The number of allylic oxidation sites excluding steroid dienone is 1. The van der Waals surface area contributed by atoms with Crippen LogP contribution in [0.4, 0.5) is 5.95 Å². The molecule has 31 heavy (non-hydrogen) atoms. The van der Waals surface area contributed by atoms with E-state index >= 15 is 0 Å². The zero-order valence-electron chi connectivity index (χ0n) is 18.2. The van der Waals surface area contributed by atoms with Crippen molar-refractivity contribution >= 4 is 40.1 Å². The normalized spacial score (nSPS) is 23.5. The molecule has 0 unspecified atom stereocenters. The smallest absolute Gasteiger partial charge is 0.240 e. The molecule has 1 aliphatic carbocycles. The van der Waals surface area contributed by atoms with Crippen molar-refractivity contribution in [2.24, 2.45) is 9.98 Å². The maximum atomic E-state index is 13.2. The number of anilines is 1. The molecule has 0 aromatic carbocycles. The lowest BCUT2D eigenvalue weighted by Crippen LogP contribution is -2.41. The first-order valence-electron chi connectivity index (χ1n) is 10.1. The summed E-state index contributed by atoms with van der Waals surface area (Å²) >= 11 is 5.82. The third-order valence-electron chi connectivity index (χ3n) is 5.69. The van der Waals surface area contributed by atoms with Gasteiger partial charge in [-0.3, -0.25) is 9.29 Å². The zero-order chi connectivity index (χ0) is 22.8. The summed E-state index contributed by atoms with van der Waals surface area (Å²) in [5.74, 6) is 1.16. The van der Waals surface area contributed by atoms with Crippen LogP contribution in [0.3, 0.4) is 0 Å². The molecule has 0 bridgehead atoms. The third-order valence-corrected chi connectivity index (χ3v) is 7.48. The van der Waals surface area contributed by atoms with E-state index in [-0.39, 0.29) is 23.2 Å². The molecule has 2 heterocycles. The maximum Gasteiger partial charge on any atom is 0.240 e. The molecule has 1 aliphatic heterocycles. The predicted octanol–water partition coefficient (Wildman–Crippen LogP) is 2.64. The number of amidine groups is 1. The van der Waals surface area contributed by atoms with Crippen molar-refractivity contribution in [3.8, 4) is 0 Å². The number of aliphatic imine (C=N–C) groups is 2. The molecule has 3 atom stereocenters. The summed E-state index contributed by atoms with van der Waals surface area (Å²) in [5, 5.41) is 7.87. The van der Waals surface area contributed by atoms with Crippen LogP contribution in [0.15, 0.2) is 21.2 Å². The average Bonchev–Trinajstić information content (AvgIpc) is 3.12. The number of sulfonamides is 1. The van der Waals surface area contributed by atoms with Gasteiger partial charge in [-0.25, -0.2) is 18.4 Å². The second-order valence-electron chi connectivity index (χ2n) is 8.14. The molecule has 0 radical (unpaired) electrons. The van der Waals surface area contributed by atoms with E-state index in [2.05, 4.69) is 38.5 Å². The highest BCUT2D eigenvalue weighted by Crippen LogP contribution is 2.47. The highest BCUT2D eigenvalue weighted by molar-refractivity contribution is 7.93. The lowest BCUT2D eigenvalue weighted by Gasteiger charge is -2.24. The number of methoxy groups -OCH3 is 1. The summed E-state index contributed by atoms with van der Waals surface area (Å²) < 4.78 is 41.9. The second-order valence-corrected chi connectivity index (χ2v) is 10.8. The fraction of sp³-hybridized carbons (Fsp3) is 0.684. The van der Waals surface area contributed by atoms with Crippen LogP contribution >= 0.6 is 11.6 Å². The molecule has 1 saturated carbocycles. The highest BCUT2D eigenvalue weighted by atomic mass is 35.5. The number of ether oxygens (including phenoxy) is 2. The van der Waals surface area contributed by atoms with E-state index in [1.807, 2.05) is 4.57 Å². The summed E-state index contributed by atoms with van der Waals surface area (Å²) in [5.41, 5.74) is -0.207. The quantitative estimate of drug-likeness (QED) is 0.435. The second kappa shape index (κ2) is 9.35. The molecule has 12 heteroatoms. The summed E-state index contributed by atoms with van der Waals surface area (Å²) in [7, 11) is -2.55. The average molecular weight is 473 g/mol. The Morgan fingerprint density at radius 3 is 2.71 bits per heavy atom. The molecular formula is C19H29ClN6O4S. The standard InChI is InChI=1S/C19H29ClN6O4S/c1-12(20)10-22-16(21-4)15(29-5)13(2)31(27,28)25-18-24-23-17(14-6-9-30-11-14)26(18)19(3)7-8-19/h10,13-15H,4,6-9,11H2,1-3,5H3,(H,24,25)/b12-10+,22-16-/t13-,14+,15-/m0/s1. The monoisotopic (exact) mass is 472 g/mol. The first-order valence-corrected chi connectivity index (χ1v) is 12.0. The summed E-state index contributed by atoms with van der Waals surface area (Å²) in [6.45, 7) is 9.92. The van der Waals surface area contributed by atoms with Crippen LogP contribution in [0.1, 0.15) is 51.8 Å². The first kappa shape index (κ1) is 23.8. The van der Waals surface area contributed by atoms with Crippen LogP contribution in [0.25, 0.3) is 0 Å². The molecule has 10 nitrogen and oxygen atoms in total. The van der Waals surface area contributed by atoms with Crippen molar-refractivity contribution in [3.63, 3.8) is 0 Å². The van der Waals surface area contributed by atoms with Gasteiger partial charge in [0.2, 0.25) is 16.0 Å². The lowest BCUT2D eigenvalue weighted by atomic mass is 10.1. The van der Waals surface area contributed by atoms with Gasteiger partial charge in [0.05, 0.1) is 6.61 Å². The van der Waals surface area contributed by atoms with Crippen molar-refractivity contribution in [1.29, 1.82) is 0 Å². The van der Waals surface area contributed by atoms with Crippen molar-refractivity contribution in [2.75, 3.05) is 25.0 Å². The molecule has 172 valence electrons. The van der Waals surface area contributed by atoms with E-state index in [9.17, 15) is 8.42 Å². The molecule has 0 amide bonds. The van der Waals surface area contributed by atoms with Gasteiger partial charge in [-0.2, -0.15) is 0 Å². The van der Waals surface area contributed by atoms with Crippen LogP contribution in [-0.2, 0) is 25.0 Å². The lowest BCUT2D eigenvalue weighted by molar-refractivity contribution is 0.154. The molecule has 2 aliphatic rings. The van der Waals surface area contributed by atoms with E-state index in [4.69, 9.17) is 21.1 Å². The van der Waals surface area contributed by atoms with Gasteiger partial charge in [0, 0.05) is 36.4 Å². The minimum absolute atomic E-state index is 0.0987. The highest BCUT2D eigenvalue weighted by Gasteiger charge is 2.45. The number of rotatable bonds is 9. The molecule has 2 fully saturated rings. The van der Waals surface area contributed by atoms with Crippen molar-refractivity contribution in [1.82, 2.24) is 14.8 Å². The van der Waals surface area contributed by atoms with Gasteiger partial charge in [0.15, 0.2) is 5.84 Å². The van der Waals surface area contributed by atoms with Crippen LogP contribution in [0.5, 0.6) is 0 Å². The zero-order valence-corrected chi connectivity index (χ0v) is 19.8. The Bertz CT molecular complexity index is 976. The first-order chi connectivity index (χ1) is 14.6. The fourth-order valence-corrected chi connectivity index (χ4v) is 4.73. The molecular weight excluding hydrogens is 444 g/mol. The van der Waals surface area contributed by atoms with E-state index in [1.165, 1.54) is 20.2 Å². The van der Waals surface area contributed by atoms with E-state index in [0.29, 0.717) is 18.2 Å². The number of hydrogen-bond acceptors (Lipinski definition) is 7. The summed E-state index contributed by atoms with van der Waals surface area (Å²) in [6, 6.07) is 0. The Labute approximate surface area is 187 Å². The Kier molecular flexibility index (Phi) is 7.19. The number of aromatic nitrogens is 3. The minimum atomic E-state index is -3.94. The van der Waals surface area contributed by atoms with E-state index < -0.39 is 21.4 Å². The van der Waals surface area contributed by atoms with E-state index in [1.54, 1.807) is 6.92 Å². The maximum absolute atomic E-state index is 13.2. The molecule has 1 aromatic heterocycles. The molecule has 1 aromatic rings. The summed E-state index contributed by atoms with van der Waals surface area (Å²) in [6.07, 6.45) is 3.10. The van der Waals surface area contributed by atoms with Crippen LogP contribution < -0.4 is 4.72 Å². The number of nitrogens with zero attached hydrogens (tertiary/aromatic N) is 5. The van der Waals surface area contributed by atoms with Gasteiger partial charge < -0.3 is 9.47 Å². The topological polar surface area (TPSA) is 120 Å². The minimum Gasteiger partial charge on any atom is -0.381 e. The Morgan fingerprint density at radius 2 is 2.19 bits per heavy atom. The molecule has 0 spiro atoms. The van der Waals surface area contributed by atoms with E-state index in [0.717, 1.165) is 25.1 Å². The SMILES string of the molecule is C=N/C(=N\C=C(/C)Cl)[C@@H](OC)[C@H](C)S(=O)(=O)Nc1nnc([C@@H]2CCOC2)n1C1(C)CC1.